The van der Waals surface area contributed by atoms with Gasteiger partial charge in [-0.25, -0.2) is 0 Å². The maximum atomic E-state index is 12.4. The zero-order valence-electron chi connectivity index (χ0n) is 17.3. The Kier molecular flexibility index (Phi) is 8.20. The molecule has 0 saturated carbocycles. The monoisotopic (exact) mass is 382 g/mol. The van der Waals surface area contributed by atoms with Gasteiger partial charge in [-0.15, -0.1) is 0 Å². The molecule has 0 heterocycles. The van der Waals surface area contributed by atoms with Crippen molar-refractivity contribution in [2.45, 2.75) is 39.7 Å². The molecule has 0 fully saturated rings. The summed E-state index contributed by atoms with van der Waals surface area (Å²) in [6, 6.07) is 15.9. The van der Waals surface area contributed by atoms with E-state index < -0.39 is 0 Å². The number of anilines is 1. The van der Waals surface area contributed by atoms with Gasteiger partial charge < -0.3 is 16.0 Å². The van der Waals surface area contributed by atoms with Gasteiger partial charge >= 0.3 is 0 Å². The van der Waals surface area contributed by atoms with Crippen LogP contribution in [0.2, 0.25) is 0 Å². The van der Waals surface area contributed by atoms with Crippen LogP contribution < -0.4 is 16.0 Å². The molecule has 5 heteroatoms. The lowest BCUT2D eigenvalue weighted by Gasteiger charge is -2.20. The Balaban J connectivity index is 1.93. The molecular weight excluding hydrogens is 350 g/mol. The summed E-state index contributed by atoms with van der Waals surface area (Å²) in [6.45, 7) is 6.88. The summed E-state index contributed by atoms with van der Waals surface area (Å²) in [5, 5.41) is 7.57. The van der Waals surface area contributed by atoms with E-state index in [-0.39, 0.29) is 17.9 Å². The van der Waals surface area contributed by atoms with Crippen LogP contribution >= 0.6 is 0 Å². The maximum Gasteiger partial charge on any atom is 0.279 e. The number of aryl methyl sites for hydroxylation is 1. The third kappa shape index (κ3) is 6.20. The van der Waals surface area contributed by atoms with E-state index in [2.05, 4.69) is 61.0 Å². The Morgan fingerprint density at radius 2 is 1.64 bits per heavy atom. The van der Waals surface area contributed by atoms with Gasteiger partial charge in [0.1, 0.15) is 6.04 Å². The highest BCUT2D eigenvalue weighted by Gasteiger charge is 2.20. The minimum atomic E-state index is -0.143. The highest BCUT2D eigenvalue weighted by atomic mass is 16.2. The van der Waals surface area contributed by atoms with Crippen LogP contribution in [0.25, 0.3) is 0 Å². The number of hydrogen-bond acceptors (Lipinski definition) is 2. The van der Waals surface area contributed by atoms with Gasteiger partial charge in [0.2, 0.25) is 0 Å². The number of carbonyl (C=O) groups is 2. The molecule has 0 aliphatic carbocycles. The Morgan fingerprint density at radius 1 is 1.00 bits per heavy atom. The molecule has 0 radical (unpaired) electrons. The van der Waals surface area contributed by atoms with Gasteiger partial charge in [0, 0.05) is 29.8 Å². The highest BCUT2D eigenvalue weighted by Crippen LogP contribution is 2.18. The second-order valence-electron chi connectivity index (χ2n) is 7.41. The van der Waals surface area contributed by atoms with Gasteiger partial charge in [0.25, 0.3) is 11.8 Å². The van der Waals surface area contributed by atoms with Crippen LogP contribution in [-0.2, 0) is 11.2 Å². The zero-order chi connectivity index (χ0) is 20.5. The molecule has 0 saturated heterocycles. The zero-order valence-corrected chi connectivity index (χ0v) is 17.3. The Labute approximate surface area is 167 Å². The molecule has 0 spiro atoms. The lowest BCUT2D eigenvalue weighted by Crippen LogP contribution is -2.88. The second-order valence-corrected chi connectivity index (χ2v) is 7.41. The molecule has 0 aliphatic heterocycles. The molecule has 4 N–H and O–H groups in total. The van der Waals surface area contributed by atoms with E-state index in [0.29, 0.717) is 23.7 Å². The molecule has 2 amide bonds. The van der Waals surface area contributed by atoms with Crippen molar-refractivity contribution in [3.05, 3.63) is 65.2 Å². The third-order valence-corrected chi connectivity index (χ3v) is 4.84. The van der Waals surface area contributed by atoms with Crippen LogP contribution in [0.1, 0.15) is 54.7 Å². The molecule has 2 rings (SSSR count). The largest absolute Gasteiger partial charge is 0.355 e. The van der Waals surface area contributed by atoms with E-state index in [1.54, 1.807) is 31.3 Å². The van der Waals surface area contributed by atoms with E-state index in [1.165, 1.54) is 11.1 Å². The maximum absolute atomic E-state index is 12.4. The summed E-state index contributed by atoms with van der Waals surface area (Å²) in [5.74, 6) is 0.216. The first-order valence-electron chi connectivity index (χ1n) is 9.98. The average Bonchev–Trinajstić information content (AvgIpc) is 2.69. The number of amides is 2. The van der Waals surface area contributed by atoms with Crippen molar-refractivity contribution in [3.8, 4) is 0 Å². The fourth-order valence-corrected chi connectivity index (χ4v) is 3.28. The van der Waals surface area contributed by atoms with Crippen molar-refractivity contribution >= 4 is 17.5 Å². The van der Waals surface area contributed by atoms with Crippen molar-refractivity contribution in [2.24, 2.45) is 5.92 Å². The second kappa shape index (κ2) is 10.6. The predicted molar refractivity (Wildman–Crippen MR) is 113 cm³/mol. The fourth-order valence-electron chi connectivity index (χ4n) is 3.28. The van der Waals surface area contributed by atoms with Crippen molar-refractivity contribution in [1.29, 1.82) is 0 Å². The van der Waals surface area contributed by atoms with E-state index in [9.17, 15) is 9.59 Å². The molecule has 2 aromatic carbocycles. The molecule has 0 aliphatic rings. The van der Waals surface area contributed by atoms with Gasteiger partial charge in [-0.2, -0.15) is 0 Å². The molecule has 0 aromatic heterocycles. The van der Waals surface area contributed by atoms with Crippen molar-refractivity contribution in [2.75, 3.05) is 18.9 Å². The number of nitrogens with two attached hydrogens (primary N) is 1. The van der Waals surface area contributed by atoms with Gasteiger partial charge in [0.15, 0.2) is 6.54 Å². The number of nitrogens with one attached hydrogen (secondary N) is 2. The summed E-state index contributed by atoms with van der Waals surface area (Å²) in [7, 11) is 1.59. The predicted octanol–water partition coefficient (Wildman–Crippen LogP) is 2.90. The molecule has 5 nitrogen and oxygen atoms in total. The van der Waals surface area contributed by atoms with Crippen LogP contribution in [0.15, 0.2) is 48.5 Å². The SMILES string of the molecule is CCCc1ccc([C@@H]([NH2+]CC(=O)Nc2ccc(C(=O)NC)cc2)C(C)C)cc1. The standard InChI is InChI=1S/C23H31N3O2/c1-5-6-17-7-9-18(10-8-17)22(16(2)3)25-15-21(27)26-20-13-11-19(12-14-20)23(28)24-4/h7-14,16,22,25H,5-6,15H2,1-4H3,(H,24,28)(H,26,27)/p+1/t22-/m0/s1. The normalized spacial score (nSPS) is 11.9. The first-order valence-corrected chi connectivity index (χ1v) is 9.98. The first kappa shape index (κ1) is 21.6. The first-order chi connectivity index (χ1) is 13.4. The number of hydrogen-bond donors (Lipinski definition) is 3. The Bertz CT molecular complexity index is 767. The van der Waals surface area contributed by atoms with E-state index >= 15 is 0 Å². The lowest BCUT2D eigenvalue weighted by molar-refractivity contribution is -0.692. The molecule has 150 valence electrons. The van der Waals surface area contributed by atoms with Crippen LogP contribution in [0.3, 0.4) is 0 Å². The van der Waals surface area contributed by atoms with Crippen molar-refractivity contribution < 1.29 is 14.9 Å². The van der Waals surface area contributed by atoms with E-state index in [0.717, 1.165) is 12.8 Å². The Hall–Kier alpha value is -2.66. The number of benzene rings is 2. The molecule has 0 unspecified atom stereocenters. The molecule has 28 heavy (non-hydrogen) atoms. The molecule has 1 atom stereocenters. The summed E-state index contributed by atoms with van der Waals surface area (Å²) in [6.07, 6.45) is 2.24. The van der Waals surface area contributed by atoms with Crippen LogP contribution in [-0.4, -0.2) is 25.4 Å². The summed E-state index contributed by atoms with van der Waals surface area (Å²) >= 11 is 0. The van der Waals surface area contributed by atoms with Crippen molar-refractivity contribution in [1.82, 2.24) is 5.32 Å². The molecular formula is C23H32N3O2+. The minimum Gasteiger partial charge on any atom is -0.355 e. The van der Waals surface area contributed by atoms with Crippen LogP contribution in [0.5, 0.6) is 0 Å². The fraction of sp³-hybridized carbons (Fsp3) is 0.391. The average molecular weight is 383 g/mol. The number of rotatable bonds is 9. The topological polar surface area (TPSA) is 74.8 Å². The molecule has 0 bridgehead atoms. The molecule has 2 aromatic rings. The minimum absolute atomic E-state index is 0.0547. The Morgan fingerprint density at radius 3 is 2.18 bits per heavy atom. The third-order valence-electron chi connectivity index (χ3n) is 4.84. The van der Waals surface area contributed by atoms with E-state index in [4.69, 9.17) is 0 Å². The van der Waals surface area contributed by atoms with Gasteiger partial charge in [0.05, 0.1) is 0 Å². The highest BCUT2D eigenvalue weighted by molar-refractivity contribution is 5.95. The summed E-state index contributed by atoms with van der Waals surface area (Å²) in [4.78, 5) is 23.9. The summed E-state index contributed by atoms with van der Waals surface area (Å²) in [5.41, 5.74) is 3.86. The van der Waals surface area contributed by atoms with E-state index in [1.807, 2.05) is 0 Å². The van der Waals surface area contributed by atoms with Gasteiger partial charge in [-0.3, -0.25) is 9.59 Å². The lowest BCUT2D eigenvalue weighted by atomic mass is 9.94. The van der Waals surface area contributed by atoms with Crippen molar-refractivity contribution in [3.63, 3.8) is 0 Å². The van der Waals surface area contributed by atoms with Crippen LogP contribution in [0, 0.1) is 5.92 Å². The number of carbonyl (C=O) groups excluding carboxylic acids is 2. The van der Waals surface area contributed by atoms with Crippen LogP contribution in [0.4, 0.5) is 5.69 Å². The van der Waals surface area contributed by atoms with Gasteiger partial charge in [-0.05, 0) is 36.2 Å². The quantitative estimate of drug-likeness (QED) is 0.624. The van der Waals surface area contributed by atoms with Gasteiger partial charge in [-0.1, -0.05) is 51.5 Å². The number of quaternary nitrogens is 1. The summed E-state index contributed by atoms with van der Waals surface area (Å²) < 4.78 is 0. The smallest absolute Gasteiger partial charge is 0.279 e.